The summed E-state index contributed by atoms with van der Waals surface area (Å²) < 4.78 is 58.8. The summed E-state index contributed by atoms with van der Waals surface area (Å²) in [6.07, 6.45) is -8.03. The van der Waals surface area contributed by atoms with E-state index in [2.05, 4.69) is 16.6 Å². The van der Waals surface area contributed by atoms with Gasteiger partial charge in [0.1, 0.15) is 18.3 Å². The molecule has 0 saturated carbocycles. The van der Waals surface area contributed by atoms with Gasteiger partial charge in [0.05, 0.1) is 58.7 Å². The van der Waals surface area contributed by atoms with Crippen LogP contribution in [0.25, 0.3) is 10.4 Å². The minimum atomic E-state index is -2.23. The average Bonchev–Trinajstić information content (AvgIpc) is 3.15. The maximum Gasteiger partial charge on any atom is 0.366 e. The van der Waals surface area contributed by atoms with Crippen LogP contribution in [0.1, 0.15) is 38.3 Å². The molecule has 2 aliphatic rings. The third-order valence-electron chi connectivity index (χ3n) is 8.32. The Morgan fingerprint density at radius 1 is 0.907 bits per heavy atom. The zero-order valence-electron chi connectivity index (χ0n) is 30.5. The molecule has 0 spiro atoms. The van der Waals surface area contributed by atoms with Crippen LogP contribution in [0, 0.1) is 0 Å². The molecule has 17 nitrogen and oxygen atoms in total. The number of nitrogens with zero attached hydrogens (tertiary/aromatic N) is 3. The average molecular weight is 756 g/mol. The first-order chi connectivity index (χ1) is 26.0. The highest BCUT2D eigenvalue weighted by Gasteiger charge is 2.59. The first-order valence-corrected chi connectivity index (χ1v) is 17.1. The lowest BCUT2D eigenvalue weighted by Gasteiger charge is -2.47. The number of azide groups is 1. The van der Waals surface area contributed by atoms with Crippen molar-refractivity contribution < 1.29 is 66.5 Å². The summed E-state index contributed by atoms with van der Waals surface area (Å²) in [4.78, 5) is 53.5. The summed E-state index contributed by atoms with van der Waals surface area (Å²) in [7, 11) is 1.10. The van der Waals surface area contributed by atoms with Crippen LogP contribution in [0.15, 0.2) is 78.4 Å². The second kappa shape index (κ2) is 20.5. The lowest BCUT2D eigenvalue weighted by atomic mass is 9.91. The second-order valence-corrected chi connectivity index (χ2v) is 12.3. The van der Waals surface area contributed by atoms with Gasteiger partial charge in [0.2, 0.25) is 0 Å². The normalized spacial score (nSPS) is 27.0. The van der Waals surface area contributed by atoms with Crippen LogP contribution in [0.2, 0.25) is 0 Å². The molecule has 0 unspecified atom stereocenters. The summed E-state index contributed by atoms with van der Waals surface area (Å²) in [6, 6.07) is 17.8. The topological polar surface area (TPSA) is 209 Å². The molecule has 2 aromatic carbocycles. The molecule has 0 radical (unpaired) electrons. The summed E-state index contributed by atoms with van der Waals surface area (Å²) in [5.74, 6) is -5.61. The maximum absolute atomic E-state index is 13.3. The lowest BCUT2D eigenvalue weighted by Crippen LogP contribution is -2.65. The first kappa shape index (κ1) is 41.9. The van der Waals surface area contributed by atoms with Gasteiger partial charge in [-0.15, -0.1) is 6.58 Å². The number of rotatable bonds is 18. The highest BCUT2D eigenvalue weighted by Crippen LogP contribution is 2.38. The Balaban J connectivity index is 1.70. The molecule has 2 saturated heterocycles. The van der Waals surface area contributed by atoms with Gasteiger partial charge in [-0.2, -0.15) is 0 Å². The van der Waals surface area contributed by atoms with Gasteiger partial charge < -0.3 is 47.4 Å². The van der Waals surface area contributed by atoms with E-state index in [0.717, 1.165) is 39.0 Å². The van der Waals surface area contributed by atoms with Crippen molar-refractivity contribution in [1.82, 2.24) is 0 Å². The van der Waals surface area contributed by atoms with E-state index in [4.69, 9.17) is 47.4 Å². The number of benzene rings is 2. The number of hydrogen-bond acceptors (Lipinski definition) is 15. The Kier molecular flexibility index (Phi) is 15.9. The number of methoxy groups -OCH3 is 1. The van der Waals surface area contributed by atoms with Gasteiger partial charge in [-0.25, -0.2) is 4.79 Å². The molecule has 2 heterocycles. The maximum atomic E-state index is 13.3. The van der Waals surface area contributed by atoms with Crippen LogP contribution >= 0.6 is 0 Å². The van der Waals surface area contributed by atoms with Gasteiger partial charge in [0.25, 0.3) is 5.79 Å². The number of carbonyl (C=O) groups excluding carboxylic acids is 4. The number of ether oxygens (including phenoxy) is 10. The second-order valence-electron chi connectivity index (χ2n) is 12.3. The fourth-order valence-corrected chi connectivity index (χ4v) is 6.08. The molecular formula is C37H45N3O14. The standard InChI is InChI=1S/C37H45N3O14/c1-6-17-50-37(36(44)45-5)18-29(51-23(2)41)32(53-25(4)43)33(54-37)30(52-24(3)42)22-49-35-34(47-20-27-15-11-8-12-16-27)31(28(21-48-35)39-40-38)46-19-26-13-9-7-10-14-26/h6-16,28-35H,1,17-22H2,2-5H3/t28-,29+,30+,31-,32+,33+,34+,35+,37+/m0/s1. The largest absolute Gasteiger partial charge is 0.465 e. The zero-order chi connectivity index (χ0) is 39.1. The minimum absolute atomic E-state index is 0.0862. The van der Waals surface area contributed by atoms with Crippen molar-refractivity contribution in [2.24, 2.45) is 5.11 Å². The van der Waals surface area contributed by atoms with Gasteiger partial charge in [-0.1, -0.05) is 71.9 Å². The van der Waals surface area contributed by atoms with Crippen LogP contribution in [-0.4, -0.2) is 106 Å². The predicted octanol–water partition coefficient (Wildman–Crippen LogP) is 3.86. The van der Waals surface area contributed by atoms with Crippen LogP contribution in [0.3, 0.4) is 0 Å². The van der Waals surface area contributed by atoms with E-state index >= 15 is 0 Å². The van der Waals surface area contributed by atoms with Crippen LogP contribution in [0.5, 0.6) is 0 Å². The minimum Gasteiger partial charge on any atom is -0.465 e. The summed E-state index contributed by atoms with van der Waals surface area (Å²) >= 11 is 0. The van der Waals surface area contributed by atoms with Crippen molar-refractivity contribution in [2.45, 2.75) is 95.1 Å². The molecule has 9 atom stereocenters. The van der Waals surface area contributed by atoms with Crippen molar-refractivity contribution in [3.05, 3.63) is 94.9 Å². The molecule has 4 rings (SSSR count). The highest BCUT2D eigenvalue weighted by molar-refractivity contribution is 5.78. The van der Waals surface area contributed by atoms with E-state index in [-0.39, 0.29) is 26.4 Å². The molecule has 0 aromatic heterocycles. The van der Waals surface area contributed by atoms with E-state index in [1.54, 1.807) is 0 Å². The van der Waals surface area contributed by atoms with E-state index in [1.807, 2.05) is 60.7 Å². The summed E-state index contributed by atoms with van der Waals surface area (Å²) in [5.41, 5.74) is 11.1. The monoisotopic (exact) mass is 755 g/mol. The fourth-order valence-electron chi connectivity index (χ4n) is 6.08. The summed E-state index contributed by atoms with van der Waals surface area (Å²) in [6.45, 7) is 6.35. The van der Waals surface area contributed by atoms with Crippen molar-refractivity contribution >= 4 is 23.9 Å². The number of carbonyl (C=O) groups is 4. The molecule has 0 bridgehead atoms. The van der Waals surface area contributed by atoms with Gasteiger partial charge in [-0.05, 0) is 16.7 Å². The van der Waals surface area contributed by atoms with Crippen LogP contribution < -0.4 is 0 Å². The molecule has 0 N–H and O–H groups in total. The van der Waals surface area contributed by atoms with Crippen molar-refractivity contribution in [2.75, 3.05) is 26.9 Å². The molecular weight excluding hydrogens is 710 g/mol. The number of hydrogen-bond donors (Lipinski definition) is 0. The molecule has 0 amide bonds. The van der Waals surface area contributed by atoms with Crippen molar-refractivity contribution in [1.29, 1.82) is 0 Å². The van der Waals surface area contributed by atoms with Crippen LogP contribution in [0.4, 0.5) is 0 Å². The van der Waals surface area contributed by atoms with Gasteiger partial charge in [0.15, 0.2) is 18.5 Å². The van der Waals surface area contributed by atoms with Crippen LogP contribution in [-0.2, 0) is 79.8 Å². The first-order valence-electron chi connectivity index (χ1n) is 17.1. The van der Waals surface area contributed by atoms with Crippen molar-refractivity contribution in [3.8, 4) is 0 Å². The van der Waals surface area contributed by atoms with E-state index in [1.165, 1.54) is 6.08 Å². The SMILES string of the molecule is C=CCO[C@]1(C(=O)OC)C[C@@H](OC(C)=O)[C@@H](OC(C)=O)[C@@H]([C@@H](CO[C@H]2OC[C@H](N=[N+]=[N-])[C@H](OCc3ccccc3)[C@H]2OCc2ccccc2)OC(C)=O)O1. The van der Waals surface area contributed by atoms with Gasteiger partial charge in [0, 0.05) is 25.7 Å². The Morgan fingerprint density at radius 3 is 2.06 bits per heavy atom. The Labute approximate surface area is 312 Å². The fraction of sp³-hybridized carbons (Fsp3) is 0.514. The highest BCUT2D eigenvalue weighted by atomic mass is 16.8. The Morgan fingerprint density at radius 2 is 1.52 bits per heavy atom. The molecule has 292 valence electrons. The molecule has 54 heavy (non-hydrogen) atoms. The molecule has 17 heteroatoms. The smallest absolute Gasteiger partial charge is 0.366 e. The molecule has 0 aliphatic carbocycles. The molecule has 2 fully saturated rings. The van der Waals surface area contributed by atoms with Crippen molar-refractivity contribution in [3.63, 3.8) is 0 Å². The lowest BCUT2D eigenvalue weighted by molar-refractivity contribution is -0.330. The molecule has 2 aromatic rings. The Bertz CT molecular complexity index is 1610. The van der Waals surface area contributed by atoms with Gasteiger partial charge in [-0.3, -0.25) is 14.4 Å². The Hall–Kier alpha value is -4.87. The van der Waals surface area contributed by atoms with E-state index < -0.39 is 91.6 Å². The van der Waals surface area contributed by atoms with E-state index in [0.29, 0.717) is 0 Å². The molecule has 2 aliphatic heterocycles. The zero-order valence-corrected chi connectivity index (χ0v) is 30.5. The van der Waals surface area contributed by atoms with Gasteiger partial charge >= 0.3 is 23.9 Å². The summed E-state index contributed by atoms with van der Waals surface area (Å²) in [5, 5.41) is 3.91. The third kappa shape index (κ3) is 11.6. The quantitative estimate of drug-likeness (QED) is 0.0529. The third-order valence-corrected chi connectivity index (χ3v) is 8.32. The predicted molar refractivity (Wildman–Crippen MR) is 186 cm³/mol. The van der Waals surface area contributed by atoms with E-state index in [9.17, 15) is 24.7 Å². The number of esters is 4.